The quantitative estimate of drug-likeness (QED) is 0.256. The molecule has 39 heavy (non-hydrogen) atoms. The standard InChI is InChI=1S/C32H35N5OS/c1-5-24-11-15-26(16-12-24)37-22(3)20-27(23(37)4)31-30(28-8-6-7-18-33-28)35-32(39)36(31)19-17-29(38)34-25-13-9-21(2)10-14-25/h6-16,18,20,30-31H,5,17,19H2,1-4H3,(H,34,38)(H,35,39)/t30-,31+/m0/s1. The summed E-state index contributed by atoms with van der Waals surface area (Å²) in [6.07, 6.45) is 3.14. The molecule has 0 saturated carbocycles. The summed E-state index contributed by atoms with van der Waals surface area (Å²) in [4.78, 5) is 19.7. The van der Waals surface area contributed by atoms with E-state index in [9.17, 15) is 4.79 Å². The van der Waals surface area contributed by atoms with Crippen LogP contribution in [0, 0.1) is 20.8 Å². The number of amides is 1. The second-order valence-electron chi connectivity index (χ2n) is 10.2. The highest BCUT2D eigenvalue weighted by Crippen LogP contribution is 2.41. The highest BCUT2D eigenvalue weighted by Gasteiger charge is 2.41. The predicted molar refractivity (Wildman–Crippen MR) is 161 cm³/mol. The van der Waals surface area contributed by atoms with Crippen molar-refractivity contribution in [2.24, 2.45) is 0 Å². The molecular formula is C32H35N5OS. The first kappa shape index (κ1) is 26.6. The van der Waals surface area contributed by atoms with Crippen LogP contribution in [0.3, 0.4) is 0 Å². The summed E-state index contributed by atoms with van der Waals surface area (Å²) in [6.45, 7) is 8.99. The Morgan fingerprint density at radius 3 is 2.44 bits per heavy atom. The van der Waals surface area contributed by atoms with E-state index >= 15 is 0 Å². The zero-order valence-corrected chi connectivity index (χ0v) is 23.8. The average molecular weight is 538 g/mol. The van der Waals surface area contributed by atoms with Crippen LogP contribution in [0.2, 0.25) is 0 Å². The molecule has 0 unspecified atom stereocenters. The van der Waals surface area contributed by atoms with Crippen molar-refractivity contribution in [2.45, 2.75) is 52.6 Å². The molecule has 2 aromatic heterocycles. The van der Waals surface area contributed by atoms with Crippen LogP contribution >= 0.6 is 12.2 Å². The Bertz CT molecular complexity index is 1460. The van der Waals surface area contributed by atoms with Crippen molar-refractivity contribution in [2.75, 3.05) is 11.9 Å². The van der Waals surface area contributed by atoms with Crippen molar-refractivity contribution in [3.05, 3.63) is 113 Å². The SMILES string of the molecule is CCc1ccc(-n2c(C)cc([C@@H]3[C@H](c4ccccn4)NC(=S)N3CCC(=O)Nc3ccc(C)cc3)c2C)cc1. The number of nitrogens with one attached hydrogen (secondary N) is 2. The Kier molecular flexibility index (Phi) is 7.79. The first-order chi connectivity index (χ1) is 18.9. The number of benzene rings is 2. The maximum atomic E-state index is 12.9. The molecule has 0 aliphatic carbocycles. The van der Waals surface area contributed by atoms with Gasteiger partial charge in [-0.15, -0.1) is 0 Å². The van der Waals surface area contributed by atoms with E-state index in [1.807, 2.05) is 55.6 Å². The van der Waals surface area contributed by atoms with Crippen LogP contribution in [-0.4, -0.2) is 32.0 Å². The molecule has 7 heteroatoms. The van der Waals surface area contributed by atoms with Gasteiger partial charge >= 0.3 is 0 Å². The Morgan fingerprint density at radius 2 is 1.77 bits per heavy atom. The van der Waals surface area contributed by atoms with E-state index in [1.165, 1.54) is 11.1 Å². The molecule has 0 radical (unpaired) electrons. The summed E-state index contributed by atoms with van der Waals surface area (Å²) < 4.78 is 2.30. The molecule has 0 bridgehead atoms. The highest BCUT2D eigenvalue weighted by atomic mass is 32.1. The molecule has 2 atom stereocenters. The van der Waals surface area contributed by atoms with Crippen molar-refractivity contribution in [3.8, 4) is 5.69 Å². The van der Waals surface area contributed by atoms with Crippen LogP contribution in [0.25, 0.3) is 5.69 Å². The van der Waals surface area contributed by atoms with Gasteiger partial charge in [-0.05, 0) is 93.0 Å². The van der Waals surface area contributed by atoms with Crippen LogP contribution < -0.4 is 10.6 Å². The van der Waals surface area contributed by atoms with Crippen molar-refractivity contribution >= 4 is 28.9 Å². The summed E-state index contributed by atoms with van der Waals surface area (Å²) in [5.41, 5.74) is 8.82. The Hall–Kier alpha value is -3.97. The number of carbonyl (C=O) groups is 1. The summed E-state index contributed by atoms with van der Waals surface area (Å²) in [7, 11) is 0. The number of aryl methyl sites for hydroxylation is 3. The second-order valence-corrected chi connectivity index (χ2v) is 10.6. The Balaban J connectivity index is 1.45. The van der Waals surface area contributed by atoms with E-state index in [-0.39, 0.29) is 18.0 Å². The maximum Gasteiger partial charge on any atom is 0.226 e. The first-order valence-electron chi connectivity index (χ1n) is 13.5. The van der Waals surface area contributed by atoms with Gasteiger partial charge in [0.05, 0.1) is 17.8 Å². The lowest BCUT2D eigenvalue weighted by molar-refractivity contribution is -0.116. The summed E-state index contributed by atoms with van der Waals surface area (Å²) in [6, 6.07) is 24.6. The van der Waals surface area contributed by atoms with Gasteiger partial charge in [0.25, 0.3) is 0 Å². The molecule has 200 valence electrons. The zero-order valence-electron chi connectivity index (χ0n) is 22.9. The number of anilines is 1. The zero-order chi connectivity index (χ0) is 27.5. The lowest BCUT2D eigenvalue weighted by atomic mass is 9.96. The van der Waals surface area contributed by atoms with E-state index in [0.29, 0.717) is 18.1 Å². The van der Waals surface area contributed by atoms with Gasteiger partial charge in [0.15, 0.2) is 5.11 Å². The monoisotopic (exact) mass is 537 g/mol. The van der Waals surface area contributed by atoms with Gasteiger partial charge in [0.1, 0.15) is 0 Å². The fourth-order valence-electron chi connectivity index (χ4n) is 5.43. The molecule has 0 spiro atoms. The Morgan fingerprint density at radius 1 is 1.03 bits per heavy atom. The summed E-state index contributed by atoms with van der Waals surface area (Å²) in [5.74, 6) is -0.0387. The van der Waals surface area contributed by atoms with E-state index in [4.69, 9.17) is 12.2 Å². The van der Waals surface area contributed by atoms with E-state index in [0.717, 1.165) is 40.4 Å². The number of carbonyl (C=O) groups excluding carboxylic acids is 1. The van der Waals surface area contributed by atoms with Crippen molar-refractivity contribution in [3.63, 3.8) is 0 Å². The Labute approximate surface area is 236 Å². The van der Waals surface area contributed by atoms with Gasteiger partial charge < -0.3 is 20.1 Å². The van der Waals surface area contributed by atoms with Gasteiger partial charge in [-0.3, -0.25) is 9.78 Å². The fraction of sp³-hybridized carbons (Fsp3) is 0.281. The minimum atomic E-state index is -0.129. The van der Waals surface area contributed by atoms with E-state index in [1.54, 1.807) is 0 Å². The topological polar surface area (TPSA) is 62.2 Å². The van der Waals surface area contributed by atoms with Gasteiger partial charge in [0, 0.05) is 41.9 Å². The highest BCUT2D eigenvalue weighted by molar-refractivity contribution is 7.80. The number of rotatable bonds is 8. The largest absolute Gasteiger partial charge is 0.352 e. The first-order valence-corrected chi connectivity index (χ1v) is 13.9. The molecule has 3 heterocycles. The second kappa shape index (κ2) is 11.4. The van der Waals surface area contributed by atoms with Crippen molar-refractivity contribution in [1.82, 2.24) is 19.8 Å². The van der Waals surface area contributed by atoms with Gasteiger partial charge in [-0.1, -0.05) is 42.8 Å². The van der Waals surface area contributed by atoms with Gasteiger partial charge in [0.2, 0.25) is 5.91 Å². The van der Waals surface area contributed by atoms with Crippen molar-refractivity contribution in [1.29, 1.82) is 0 Å². The summed E-state index contributed by atoms with van der Waals surface area (Å²) >= 11 is 5.84. The number of nitrogens with zero attached hydrogens (tertiary/aromatic N) is 3. The molecule has 1 fully saturated rings. The number of pyridine rings is 1. The summed E-state index contributed by atoms with van der Waals surface area (Å²) in [5, 5.41) is 7.16. The minimum absolute atomic E-state index is 0.0387. The third kappa shape index (κ3) is 5.59. The molecule has 1 saturated heterocycles. The van der Waals surface area contributed by atoms with Gasteiger partial charge in [-0.25, -0.2) is 0 Å². The van der Waals surface area contributed by atoms with Crippen LogP contribution in [0.4, 0.5) is 5.69 Å². The van der Waals surface area contributed by atoms with Crippen LogP contribution in [-0.2, 0) is 11.2 Å². The van der Waals surface area contributed by atoms with E-state index in [2.05, 4.69) is 76.2 Å². The molecular weight excluding hydrogens is 502 g/mol. The minimum Gasteiger partial charge on any atom is -0.352 e. The number of hydrogen-bond acceptors (Lipinski definition) is 3. The molecule has 1 amide bonds. The average Bonchev–Trinajstić information content (AvgIpc) is 3.43. The van der Waals surface area contributed by atoms with Crippen LogP contribution in [0.1, 0.15) is 59.2 Å². The smallest absolute Gasteiger partial charge is 0.226 e. The molecule has 1 aliphatic rings. The molecule has 1 aliphatic heterocycles. The normalized spacial score (nSPS) is 16.8. The van der Waals surface area contributed by atoms with Gasteiger partial charge in [-0.2, -0.15) is 0 Å². The number of aromatic nitrogens is 2. The molecule has 2 aromatic carbocycles. The molecule has 6 nitrogen and oxygen atoms in total. The third-order valence-corrected chi connectivity index (χ3v) is 7.86. The predicted octanol–water partition coefficient (Wildman–Crippen LogP) is 6.36. The molecule has 5 rings (SSSR count). The maximum absolute atomic E-state index is 12.9. The van der Waals surface area contributed by atoms with Crippen LogP contribution in [0.15, 0.2) is 79.0 Å². The molecule has 4 aromatic rings. The third-order valence-electron chi connectivity index (χ3n) is 7.50. The number of thiocarbonyl (C=S) groups is 1. The number of hydrogen-bond donors (Lipinski definition) is 2. The van der Waals surface area contributed by atoms with Crippen molar-refractivity contribution < 1.29 is 4.79 Å². The fourth-order valence-corrected chi connectivity index (χ4v) is 5.76. The lowest BCUT2D eigenvalue weighted by Crippen LogP contribution is -2.32. The lowest BCUT2D eigenvalue weighted by Gasteiger charge is -2.28. The van der Waals surface area contributed by atoms with E-state index < -0.39 is 0 Å². The van der Waals surface area contributed by atoms with Crippen LogP contribution in [0.5, 0.6) is 0 Å². The molecule has 2 N–H and O–H groups in total.